The summed E-state index contributed by atoms with van der Waals surface area (Å²) in [6.45, 7) is 10.1. The number of allylic oxidation sites excluding steroid dienone is 5. The molecule has 1 aliphatic rings. The Morgan fingerprint density at radius 3 is 2.81 bits per heavy atom. The van der Waals surface area contributed by atoms with Gasteiger partial charge in [0, 0.05) is 12.3 Å². The molecular weight excluding hydrogens is 196 g/mol. The summed E-state index contributed by atoms with van der Waals surface area (Å²) in [4.78, 5) is 11.9. The lowest BCUT2D eigenvalue weighted by Crippen LogP contribution is -2.15. The average Bonchev–Trinajstić information content (AvgIpc) is 2.22. The molecule has 2 atom stereocenters. The van der Waals surface area contributed by atoms with Crippen molar-refractivity contribution >= 4 is 5.78 Å². The molecule has 0 bridgehead atoms. The summed E-state index contributed by atoms with van der Waals surface area (Å²) >= 11 is 0. The van der Waals surface area contributed by atoms with Crippen LogP contribution in [-0.4, -0.2) is 5.78 Å². The van der Waals surface area contributed by atoms with Crippen LogP contribution in [0.4, 0.5) is 0 Å². The van der Waals surface area contributed by atoms with E-state index in [4.69, 9.17) is 0 Å². The van der Waals surface area contributed by atoms with Crippen LogP contribution in [0.1, 0.15) is 40.0 Å². The molecule has 0 saturated carbocycles. The highest BCUT2D eigenvalue weighted by molar-refractivity contribution is 5.82. The van der Waals surface area contributed by atoms with Gasteiger partial charge < -0.3 is 0 Å². The zero-order valence-electron chi connectivity index (χ0n) is 10.6. The molecule has 0 heterocycles. The molecule has 88 valence electrons. The van der Waals surface area contributed by atoms with Crippen molar-refractivity contribution in [2.45, 2.75) is 40.0 Å². The van der Waals surface area contributed by atoms with Crippen LogP contribution in [-0.2, 0) is 4.79 Å². The van der Waals surface area contributed by atoms with Gasteiger partial charge in [0.2, 0.25) is 0 Å². The van der Waals surface area contributed by atoms with Gasteiger partial charge >= 0.3 is 0 Å². The smallest absolute Gasteiger partial charge is 0.140 e. The third-order valence-corrected chi connectivity index (χ3v) is 3.27. The summed E-state index contributed by atoms with van der Waals surface area (Å²) in [6, 6.07) is 0. The number of carbonyl (C=O) groups is 1. The van der Waals surface area contributed by atoms with Crippen molar-refractivity contribution in [1.29, 1.82) is 0 Å². The number of ketones is 1. The van der Waals surface area contributed by atoms with E-state index in [0.717, 1.165) is 18.4 Å². The van der Waals surface area contributed by atoms with Gasteiger partial charge in [-0.25, -0.2) is 0 Å². The summed E-state index contributed by atoms with van der Waals surface area (Å²) < 4.78 is 0. The monoisotopic (exact) mass is 218 g/mol. The quantitative estimate of drug-likeness (QED) is 0.606. The van der Waals surface area contributed by atoms with Gasteiger partial charge in [0.1, 0.15) is 5.78 Å². The second kappa shape index (κ2) is 5.83. The van der Waals surface area contributed by atoms with Gasteiger partial charge in [0.05, 0.1) is 0 Å². The van der Waals surface area contributed by atoms with Crippen molar-refractivity contribution < 1.29 is 4.79 Å². The number of carbonyl (C=O) groups excluding carboxylic acids is 1. The minimum Gasteiger partial charge on any atom is -0.299 e. The predicted octanol–water partition coefficient (Wildman–Crippen LogP) is 4.07. The Balaban J connectivity index is 2.85. The Bertz CT molecular complexity index is 333. The van der Waals surface area contributed by atoms with Crippen molar-refractivity contribution in [3.05, 3.63) is 36.0 Å². The Kier molecular flexibility index (Phi) is 4.72. The Hall–Kier alpha value is -1.11. The number of rotatable bonds is 1. The minimum atomic E-state index is 0.0488. The molecule has 1 rings (SSSR count). The first-order valence-electron chi connectivity index (χ1n) is 6.01. The zero-order valence-corrected chi connectivity index (χ0v) is 10.6. The van der Waals surface area contributed by atoms with Gasteiger partial charge in [-0.3, -0.25) is 4.79 Å². The van der Waals surface area contributed by atoms with E-state index in [0.29, 0.717) is 18.1 Å². The summed E-state index contributed by atoms with van der Waals surface area (Å²) in [6.07, 6.45) is 8.92. The van der Waals surface area contributed by atoms with Crippen LogP contribution in [0.15, 0.2) is 36.0 Å². The minimum absolute atomic E-state index is 0.0488. The third kappa shape index (κ3) is 3.80. The van der Waals surface area contributed by atoms with Crippen molar-refractivity contribution in [2.24, 2.45) is 11.8 Å². The average molecular weight is 218 g/mol. The van der Waals surface area contributed by atoms with E-state index in [2.05, 4.69) is 25.7 Å². The highest BCUT2D eigenvalue weighted by Crippen LogP contribution is 2.23. The molecule has 0 fully saturated rings. The van der Waals surface area contributed by atoms with E-state index in [1.165, 1.54) is 5.57 Å². The summed E-state index contributed by atoms with van der Waals surface area (Å²) in [7, 11) is 0. The van der Waals surface area contributed by atoms with Crippen molar-refractivity contribution in [1.82, 2.24) is 0 Å². The van der Waals surface area contributed by atoms with Crippen LogP contribution in [0, 0.1) is 11.8 Å². The molecule has 16 heavy (non-hydrogen) atoms. The fraction of sp³-hybridized carbons (Fsp3) is 0.533. The molecule has 0 aromatic carbocycles. The second-order valence-corrected chi connectivity index (χ2v) is 4.92. The van der Waals surface area contributed by atoms with Crippen LogP contribution < -0.4 is 0 Å². The van der Waals surface area contributed by atoms with Crippen LogP contribution in [0.2, 0.25) is 0 Å². The lowest BCUT2D eigenvalue weighted by Gasteiger charge is -2.17. The fourth-order valence-corrected chi connectivity index (χ4v) is 1.88. The van der Waals surface area contributed by atoms with Crippen molar-refractivity contribution in [3.8, 4) is 0 Å². The fourth-order valence-electron chi connectivity index (χ4n) is 1.88. The molecule has 0 saturated heterocycles. The predicted molar refractivity (Wildman–Crippen MR) is 69.2 cm³/mol. The van der Waals surface area contributed by atoms with E-state index in [1.807, 2.05) is 19.9 Å². The second-order valence-electron chi connectivity index (χ2n) is 4.92. The van der Waals surface area contributed by atoms with Crippen LogP contribution in [0.3, 0.4) is 0 Å². The molecule has 0 aliphatic heterocycles. The summed E-state index contributed by atoms with van der Waals surface area (Å²) in [5.41, 5.74) is 2.50. The summed E-state index contributed by atoms with van der Waals surface area (Å²) in [5, 5.41) is 0. The first-order valence-corrected chi connectivity index (χ1v) is 6.01. The standard InChI is InChI=1S/C15H22O/c1-11(2)14-9-8-12(3)6-5-7-13(4)15(16)10-14/h5,7-8,13-14H,1,6,9-10H2,2-4H3/b7-5-,12-8-/t13-,14+/m0/s1. The van der Waals surface area contributed by atoms with E-state index >= 15 is 0 Å². The first-order chi connectivity index (χ1) is 7.50. The van der Waals surface area contributed by atoms with Gasteiger partial charge in [-0.1, -0.05) is 42.9 Å². The zero-order chi connectivity index (χ0) is 12.1. The molecule has 0 radical (unpaired) electrons. The van der Waals surface area contributed by atoms with Gasteiger partial charge in [-0.15, -0.1) is 0 Å². The SMILES string of the molecule is C=C(C)[C@@H]1C/C=C(/C)C/C=C\[C@H](C)C(=O)C1. The lowest BCUT2D eigenvalue weighted by molar-refractivity contribution is -0.121. The van der Waals surface area contributed by atoms with E-state index in [-0.39, 0.29) is 5.92 Å². The van der Waals surface area contributed by atoms with Crippen molar-refractivity contribution in [3.63, 3.8) is 0 Å². The lowest BCUT2D eigenvalue weighted by atomic mass is 9.87. The van der Waals surface area contributed by atoms with E-state index in [1.54, 1.807) is 0 Å². The van der Waals surface area contributed by atoms with Gasteiger partial charge in [-0.2, -0.15) is 0 Å². The van der Waals surface area contributed by atoms with Crippen LogP contribution in [0.5, 0.6) is 0 Å². The van der Waals surface area contributed by atoms with Gasteiger partial charge in [-0.05, 0) is 32.6 Å². The molecule has 0 spiro atoms. The number of hydrogen-bond acceptors (Lipinski definition) is 1. The Morgan fingerprint density at radius 2 is 2.19 bits per heavy atom. The Morgan fingerprint density at radius 1 is 1.50 bits per heavy atom. The maximum absolute atomic E-state index is 11.9. The van der Waals surface area contributed by atoms with Crippen LogP contribution in [0.25, 0.3) is 0 Å². The molecule has 0 aromatic heterocycles. The third-order valence-electron chi connectivity index (χ3n) is 3.27. The largest absolute Gasteiger partial charge is 0.299 e. The topological polar surface area (TPSA) is 17.1 Å². The molecule has 1 heteroatoms. The molecule has 1 aliphatic carbocycles. The van der Waals surface area contributed by atoms with Crippen molar-refractivity contribution in [2.75, 3.05) is 0 Å². The first kappa shape index (κ1) is 13.0. The highest BCUT2D eigenvalue weighted by Gasteiger charge is 2.17. The molecule has 0 N–H and O–H groups in total. The normalized spacial score (nSPS) is 32.7. The maximum Gasteiger partial charge on any atom is 0.140 e. The molecule has 0 aromatic rings. The maximum atomic E-state index is 11.9. The highest BCUT2D eigenvalue weighted by atomic mass is 16.1. The number of hydrogen-bond donors (Lipinski definition) is 0. The van der Waals surface area contributed by atoms with Gasteiger partial charge in [0.25, 0.3) is 0 Å². The van der Waals surface area contributed by atoms with E-state index < -0.39 is 0 Å². The van der Waals surface area contributed by atoms with E-state index in [9.17, 15) is 4.79 Å². The molecule has 1 nitrogen and oxygen atoms in total. The molecule has 0 amide bonds. The van der Waals surface area contributed by atoms with Crippen LogP contribution >= 0.6 is 0 Å². The van der Waals surface area contributed by atoms with Gasteiger partial charge in [0.15, 0.2) is 0 Å². The summed E-state index contributed by atoms with van der Waals surface area (Å²) in [5.74, 6) is 0.696. The Labute approximate surface area is 98.9 Å². The molecule has 0 unspecified atom stereocenters. The molecular formula is C15H22O. The number of Topliss-reactive ketones (excluding diaryl/α,β-unsaturated/α-hetero) is 1.